The average molecular weight is 357 g/mol. The van der Waals surface area contributed by atoms with Gasteiger partial charge in [-0.3, -0.25) is 14.9 Å². The summed E-state index contributed by atoms with van der Waals surface area (Å²) in [4.78, 5) is 34.9. The van der Waals surface area contributed by atoms with Gasteiger partial charge in [0.2, 0.25) is 5.91 Å². The topological polar surface area (TPSA) is 111 Å². The summed E-state index contributed by atoms with van der Waals surface area (Å²) in [5.74, 6) is -1.61. The lowest BCUT2D eigenvalue weighted by atomic mass is 10.1. The van der Waals surface area contributed by atoms with Crippen LogP contribution in [-0.2, 0) is 4.74 Å². The van der Waals surface area contributed by atoms with Crippen molar-refractivity contribution in [3.63, 3.8) is 0 Å². The van der Waals surface area contributed by atoms with Gasteiger partial charge in [-0.15, -0.1) is 0 Å². The number of methoxy groups -OCH3 is 1. The van der Waals surface area contributed by atoms with Crippen LogP contribution in [0, 0.1) is 0 Å². The molecule has 0 atom stereocenters. The second-order valence-electron chi connectivity index (χ2n) is 4.93. The van der Waals surface area contributed by atoms with Crippen LogP contribution in [-0.4, -0.2) is 30.0 Å². The van der Waals surface area contributed by atoms with Crippen LogP contribution in [0.1, 0.15) is 31.1 Å². The Morgan fingerprint density at radius 2 is 1.64 bits per heavy atom. The van der Waals surface area contributed by atoms with Gasteiger partial charge in [0.05, 0.1) is 12.7 Å². The first-order valence-electron chi connectivity index (χ1n) is 7.11. The van der Waals surface area contributed by atoms with E-state index < -0.39 is 17.8 Å². The van der Waals surface area contributed by atoms with Crippen molar-refractivity contribution in [1.29, 1.82) is 0 Å². The molecule has 2 aromatic rings. The van der Waals surface area contributed by atoms with E-state index in [1.54, 1.807) is 24.3 Å². The van der Waals surface area contributed by atoms with Crippen molar-refractivity contribution < 1.29 is 19.1 Å². The summed E-state index contributed by atoms with van der Waals surface area (Å²) in [6.07, 6.45) is 0. The molecule has 0 aliphatic heterocycles. The first-order valence-corrected chi connectivity index (χ1v) is 7.52. The largest absolute Gasteiger partial charge is 0.465 e. The number of amides is 2. The van der Waals surface area contributed by atoms with Crippen molar-refractivity contribution in [3.8, 4) is 0 Å². The van der Waals surface area contributed by atoms with Gasteiger partial charge >= 0.3 is 5.97 Å². The van der Waals surface area contributed by atoms with Crippen molar-refractivity contribution in [1.82, 2.24) is 5.32 Å². The zero-order valence-electron chi connectivity index (χ0n) is 13.2. The molecule has 128 valence electrons. The van der Waals surface area contributed by atoms with E-state index in [0.29, 0.717) is 11.3 Å². The number of anilines is 1. The van der Waals surface area contributed by atoms with Gasteiger partial charge in [0.25, 0.3) is 5.91 Å². The van der Waals surface area contributed by atoms with Crippen molar-refractivity contribution in [2.24, 2.45) is 5.73 Å². The Labute approximate surface area is 149 Å². The SMILES string of the molecule is COC(=O)c1cccc(C(=O)NC(=S)Nc2cccc(C(N)=O)c2)c1. The predicted octanol–water partition coefficient (Wildman–Crippen LogP) is 1.70. The lowest BCUT2D eigenvalue weighted by Gasteiger charge is -2.10. The number of carbonyl (C=O) groups excluding carboxylic acids is 3. The van der Waals surface area contributed by atoms with Gasteiger partial charge in [-0.05, 0) is 48.6 Å². The van der Waals surface area contributed by atoms with E-state index in [9.17, 15) is 14.4 Å². The molecule has 0 bridgehead atoms. The van der Waals surface area contributed by atoms with E-state index in [4.69, 9.17) is 18.0 Å². The third-order valence-corrected chi connectivity index (χ3v) is 3.38. The third kappa shape index (κ3) is 4.85. The van der Waals surface area contributed by atoms with Crippen molar-refractivity contribution in [2.75, 3.05) is 12.4 Å². The molecule has 0 aliphatic rings. The molecule has 0 saturated heterocycles. The maximum atomic E-state index is 12.2. The van der Waals surface area contributed by atoms with E-state index in [1.807, 2.05) is 0 Å². The Bertz CT molecular complexity index is 851. The number of rotatable bonds is 4. The molecule has 2 rings (SSSR count). The first-order chi connectivity index (χ1) is 11.9. The molecule has 25 heavy (non-hydrogen) atoms. The van der Waals surface area contributed by atoms with Crippen LogP contribution >= 0.6 is 12.2 Å². The molecule has 0 unspecified atom stereocenters. The predicted molar refractivity (Wildman–Crippen MR) is 96.4 cm³/mol. The van der Waals surface area contributed by atoms with Crippen LogP contribution in [0.25, 0.3) is 0 Å². The Kier molecular flexibility index (Phi) is 5.80. The molecular weight excluding hydrogens is 342 g/mol. The quantitative estimate of drug-likeness (QED) is 0.567. The normalized spacial score (nSPS) is 9.80. The van der Waals surface area contributed by atoms with Gasteiger partial charge in [-0.1, -0.05) is 12.1 Å². The molecule has 0 aliphatic carbocycles. The first kappa shape index (κ1) is 18.1. The fraction of sp³-hybridized carbons (Fsp3) is 0.0588. The molecule has 0 aromatic heterocycles. The number of nitrogens with one attached hydrogen (secondary N) is 2. The van der Waals surface area contributed by atoms with Gasteiger partial charge in [0.1, 0.15) is 0 Å². The van der Waals surface area contributed by atoms with E-state index in [1.165, 1.54) is 31.4 Å². The summed E-state index contributed by atoms with van der Waals surface area (Å²) in [6.45, 7) is 0. The fourth-order valence-corrected chi connectivity index (χ4v) is 2.20. The summed E-state index contributed by atoms with van der Waals surface area (Å²) >= 11 is 5.08. The maximum absolute atomic E-state index is 12.2. The summed E-state index contributed by atoms with van der Waals surface area (Å²) in [7, 11) is 1.26. The monoisotopic (exact) mass is 357 g/mol. The smallest absolute Gasteiger partial charge is 0.337 e. The van der Waals surface area contributed by atoms with Crippen molar-refractivity contribution >= 4 is 40.8 Å². The summed E-state index contributed by atoms with van der Waals surface area (Å²) in [5.41, 5.74) is 6.53. The standard InChI is InChI=1S/C17H15N3O4S/c1-24-16(23)12-6-2-5-11(8-12)15(22)20-17(25)19-13-7-3-4-10(9-13)14(18)21/h2-9H,1H3,(H2,18,21)(H2,19,20,22,25). The molecule has 8 heteroatoms. The Hall–Kier alpha value is -3.26. The van der Waals surface area contributed by atoms with Crippen LogP contribution in [0.15, 0.2) is 48.5 Å². The van der Waals surface area contributed by atoms with Crippen LogP contribution in [0.3, 0.4) is 0 Å². The van der Waals surface area contributed by atoms with Gasteiger partial charge in [-0.2, -0.15) is 0 Å². The molecule has 2 aromatic carbocycles. The molecule has 0 saturated carbocycles. The van der Waals surface area contributed by atoms with E-state index in [0.717, 1.165) is 0 Å². The van der Waals surface area contributed by atoms with Gasteiger partial charge in [0.15, 0.2) is 5.11 Å². The van der Waals surface area contributed by atoms with Crippen LogP contribution < -0.4 is 16.4 Å². The van der Waals surface area contributed by atoms with Crippen molar-refractivity contribution in [3.05, 3.63) is 65.2 Å². The number of hydrogen-bond acceptors (Lipinski definition) is 5. The Morgan fingerprint density at radius 1 is 1.00 bits per heavy atom. The lowest BCUT2D eigenvalue weighted by molar-refractivity contribution is 0.0600. The second kappa shape index (κ2) is 8.02. The van der Waals surface area contributed by atoms with Crippen LogP contribution in [0.4, 0.5) is 5.69 Å². The minimum atomic E-state index is -0.571. The van der Waals surface area contributed by atoms with E-state index in [-0.39, 0.29) is 16.2 Å². The van der Waals surface area contributed by atoms with E-state index in [2.05, 4.69) is 15.4 Å². The molecular formula is C17H15N3O4S. The van der Waals surface area contributed by atoms with Crippen LogP contribution in [0.2, 0.25) is 0 Å². The van der Waals surface area contributed by atoms with Gasteiger partial charge < -0.3 is 15.8 Å². The molecule has 7 nitrogen and oxygen atoms in total. The molecule has 4 N–H and O–H groups in total. The summed E-state index contributed by atoms with van der Waals surface area (Å²) in [5, 5.41) is 5.31. The Morgan fingerprint density at radius 3 is 2.32 bits per heavy atom. The van der Waals surface area contributed by atoms with Crippen molar-refractivity contribution in [2.45, 2.75) is 0 Å². The summed E-state index contributed by atoms with van der Waals surface area (Å²) in [6, 6.07) is 12.4. The minimum Gasteiger partial charge on any atom is -0.465 e. The van der Waals surface area contributed by atoms with Gasteiger partial charge in [0, 0.05) is 16.8 Å². The molecule has 0 radical (unpaired) electrons. The fourth-order valence-electron chi connectivity index (χ4n) is 1.99. The highest BCUT2D eigenvalue weighted by atomic mass is 32.1. The number of benzene rings is 2. The zero-order valence-corrected chi connectivity index (χ0v) is 14.1. The molecule has 0 spiro atoms. The maximum Gasteiger partial charge on any atom is 0.337 e. The van der Waals surface area contributed by atoms with Crippen LogP contribution in [0.5, 0.6) is 0 Å². The molecule has 2 amide bonds. The number of primary amides is 1. The number of carbonyl (C=O) groups is 3. The van der Waals surface area contributed by atoms with Gasteiger partial charge in [-0.25, -0.2) is 4.79 Å². The number of thiocarbonyl (C=S) groups is 1. The third-order valence-electron chi connectivity index (χ3n) is 3.18. The highest BCUT2D eigenvalue weighted by Crippen LogP contribution is 2.11. The number of esters is 1. The molecule has 0 fully saturated rings. The zero-order chi connectivity index (χ0) is 18.4. The summed E-state index contributed by atoms with van der Waals surface area (Å²) < 4.78 is 4.62. The minimum absolute atomic E-state index is 0.0371. The van der Waals surface area contributed by atoms with E-state index >= 15 is 0 Å². The highest BCUT2D eigenvalue weighted by molar-refractivity contribution is 7.80. The number of ether oxygens (including phenoxy) is 1. The number of nitrogens with two attached hydrogens (primary N) is 1. The molecule has 0 heterocycles. The number of hydrogen-bond donors (Lipinski definition) is 3. The Balaban J connectivity index is 2.05. The second-order valence-corrected chi connectivity index (χ2v) is 5.33. The lowest BCUT2D eigenvalue weighted by Crippen LogP contribution is -2.34. The highest BCUT2D eigenvalue weighted by Gasteiger charge is 2.12. The average Bonchev–Trinajstić information content (AvgIpc) is 2.61.